The summed E-state index contributed by atoms with van der Waals surface area (Å²) in [5.74, 6) is -0.103. The second-order valence-electron chi connectivity index (χ2n) is 3.23. The van der Waals surface area contributed by atoms with Crippen LogP contribution in [0.5, 0.6) is 0 Å². The predicted molar refractivity (Wildman–Crippen MR) is 66.9 cm³/mol. The van der Waals surface area contributed by atoms with Crippen LogP contribution in [0, 0.1) is 0 Å². The molecule has 0 aliphatic rings. The second kappa shape index (κ2) is 5.83. The third-order valence-electron chi connectivity index (χ3n) is 2.09. The maximum absolute atomic E-state index is 11.1. The fourth-order valence-corrected chi connectivity index (χ4v) is 2.41. The summed E-state index contributed by atoms with van der Waals surface area (Å²) in [6, 6.07) is 5.28. The van der Waals surface area contributed by atoms with E-state index in [9.17, 15) is 4.79 Å². The highest BCUT2D eigenvalue weighted by Crippen LogP contribution is 2.28. The monoisotopic (exact) mass is 284 g/mol. The van der Waals surface area contributed by atoms with Crippen molar-refractivity contribution in [3.05, 3.63) is 29.5 Å². The molecule has 0 fully saturated rings. The van der Waals surface area contributed by atoms with Gasteiger partial charge >= 0.3 is 5.97 Å². The summed E-state index contributed by atoms with van der Waals surface area (Å²) in [5.41, 5.74) is 0.762. The highest BCUT2D eigenvalue weighted by Gasteiger charge is 2.10. The molecule has 6 nitrogen and oxygen atoms in total. The van der Waals surface area contributed by atoms with Crippen LogP contribution < -0.4 is 0 Å². The van der Waals surface area contributed by atoms with Crippen LogP contribution in [0.2, 0.25) is 5.02 Å². The van der Waals surface area contributed by atoms with E-state index in [2.05, 4.69) is 20.3 Å². The minimum atomic E-state index is -0.303. The smallest absolute Gasteiger partial charge is 0.315 e. The number of carbonyl (C=O) groups excluding carboxylic acids is 1. The number of tetrazole rings is 1. The van der Waals surface area contributed by atoms with E-state index in [4.69, 9.17) is 11.6 Å². The van der Waals surface area contributed by atoms with Gasteiger partial charge in [-0.2, -0.15) is 4.68 Å². The number of rotatable bonds is 4. The van der Waals surface area contributed by atoms with Crippen LogP contribution in [0.3, 0.4) is 0 Å². The van der Waals surface area contributed by atoms with Crippen LogP contribution in [0.1, 0.15) is 0 Å². The molecule has 18 heavy (non-hydrogen) atoms. The molecule has 94 valence electrons. The van der Waals surface area contributed by atoms with Gasteiger partial charge in [0.1, 0.15) is 6.33 Å². The number of nitrogens with zero attached hydrogens (tertiary/aromatic N) is 4. The zero-order chi connectivity index (χ0) is 13.0. The first-order chi connectivity index (χ1) is 8.70. The SMILES string of the molecule is COC(=O)CSc1cc(Cl)ccc1-n1cnnn1. The number of methoxy groups -OCH3 is 1. The lowest BCUT2D eigenvalue weighted by molar-refractivity contribution is -0.137. The standard InChI is InChI=1S/C10H9ClN4O2S/c1-17-10(16)5-18-9-4-7(11)2-3-8(9)15-6-12-13-14-15/h2-4,6H,5H2,1H3. The Labute approximate surface area is 112 Å². The summed E-state index contributed by atoms with van der Waals surface area (Å²) in [4.78, 5) is 12.0. The maximum Gasteiger partial charge on any atom is 0.315 e. The molecule has 0 amide bonds. The molecular weight excluding hydrogens is 276 g/mol. The molecule has 0 spiro atoms. The molecule has 2 aromatic rings. The first-order valence-electron chi connectivity index (χ1n) is 4.93. The van der Waals surface area contributed by atoms with Crippen molar-refractivity contribution in [2.45, 2.75) is 4.90 Å². The summed E-state index contributed by atoms with van der Waals surface area (Å²) in [6.45, 7) is 0. The Hall–Kier alpha value is -1.60. The van der Waals surface area contributed by atoms with E-state index in [1.165, 1.54) is 29.9 Å². The van der Waals surface area contributed by atoms with Crippen molar-refractivity contribution in [3.63, 3.8) is 0 Å². The van der Waals surface area contributed by atoms with Crippen LogP contribution >= 0.6 is 23.4 Å². The molecule has 0 saturated heterocycles. The van der Waals surface area contributed by atoms with Gasteiger partial charge in [-0.25, -0.2) is 0 Å². The molecule has 8 heteroatoms. The number of thioether (sulfide) groups is 1. The third kappa shape index (κ3) is 2.99. The summed E-state index contributed by atoms with van der Waals surface area (Å²) in [5, 5.41) is 11.5. The van der Waals surface area contributed by atoms with E-state index in [-0.39, 0.29) is 11.7 Å². The first kappa shape index (κ1) is 12.8. The number of esters is 1. The maximum atomic E-state index is 11.1. The van der Waals surface area contributed by atoms with E-state index >= 15 is 0 Å². The Bertz CT molecular complexity index is 547. The van der Waals surface area contributed by atoms with Gasteiger partial charge in [0.15, 0.2) is 0 Å². The van der Waals surface area contributed by atoms with Gasteiger partial charge in [-0.15, -0.1) is 16.9 Å². The Balaban J connectivity index is 2.27. The van der Waals surface area contributed by atoms with Crippen molar-refractivity contribution in [1.82, 2.24) is 20.2 Å². The Morgan fingerprint density at radius 3 is 3.06 bits per heavy atom. The predicted octanol–water partition coefficient (Wildman–Crippen LogP) is 1.58. The highest BCUT2D eigenvalue weighted by molar-refractivity contribution is 8.00. The highest BCUT2D eigenvalue weighted by atomic mass is 35.5. The third-order valence-corrected chi connectivity index (χ3v) is 3.34. The van der Waals surface area contributed by atoms with Gasteiger partial charge in [0.25, 0.3) is 0 Å². The zero-order valence-electron chi connectivity index (χ0n) is 9.41. The van der Waals surface area contributed by atoms with E-state index in [1.807, 2.05) is 0 Å². The van der Waals surface area contributed by atoms with Crippen molar-refractivity contribution in [2.24, 2.45) is 0 Å². The first-order valence-corrected chi connectivity index (χ1v) is 6.29. The molecular formula is C10H9ClN4O2S. The van der Waals surface area contributed by atoms with Gasteiger partial charge in [-0.05, 0) is 28.6 Å². The number of aromatic nitrogens is 4. The topological polar surface area (TPSA) is 69.9 Å². The van der Waals surface area contributed by atoms with Crippen LogP contribution in [0.4, 0.5) is 0 Å². The number of benzene rings is 1. The molecule has 0 aliphatic carbocycles. The minimum absolute atomic E-state index is 0.200. The Kier molecular flexibility index (Phi) is 4.16. The van der Waals surface area contributed by atoms with E-state index in [0.717, 1.165) is 10.6 Å². The zero-order valence-corrected chi connectivity index (χ0v) is 11.0. The summed E-state index contributed by atoms with van der Waals surface area (Å²) in [7, 11) is 1.35. The van der Waals surface area contributed by atoms with Gasteiger partial charge in [-0.1, -0.05) is 11.6 Å². The van der Waals surface area contributed by atoms with E-state index in [1.54, 1.807) is 18.2 Å². The lowest BCUT2D eigenvalue weighted by Gasteiger charge is -2.08. The summed E-state index contributed by atoms with van der Waals surface area (Å²) >= 11 is 7.25. The molecule has 1 heterocycles. The molecule has 0 aliphatic heterocycles. The number of ether oxygens (including phenoxy) is 1. The van der Waals surface area contributed by atoms with Gasteiger partial charge in [0.05, 0.1) is 18.6 Å². The summed E-state index contributed by atoms with van der Waals surface area (Å²) < 4.78 is 6.10. The van der Waals surface area contributed by atoms with Gasteiger partial charge in [0.2, 0.25) is 0 Å². The number of hydrogen-bond donors (Lipinski definition) is 0. The lowest BCUT2D eigenvalue weighted by atomic mass is 10.3. The fraction of sp³-hybridized carbons (Fsp3) is 0.200. The second-order valence-corrected chi connectivity index (χ2v) is 4.68. The quantitative estimate of drug-likeness (QED) is 0.627. The number of hydrogen-bond acceptors (Lipinski definition) is 6. The van der Waals surface area contributed by atoms with E-state index in [0.29, 0.717) is 5.02 Å². The lowest BCUT2D eigenvalue weighted by Crippen LogP contribution is -2.04. The summed E-state index contributed by atoms with van der Waals surface area (Å²) in [6.07, 6.45) is 1.48. The molecule has 0 N–H and O–H groups in total. The van der Waals surface area contributed by atoms with Crippen molar-refractivity contribution in [3.8, 4) is 5.69 Å². The fourth-order valence-electron chi connectivity index (χ4n) is 1.26. The largest absolute Gasteiger partial charge is 0.468 e. The molecule has 0 saturated carbocycles. The molecule has 1 aromatic carbocycles. The molecule has 0 radical (unpaired) electrons. The average molecular weight is 285 g/mol. The van der Waals surface area contributed by atoms with Gasteiger partial charge in [0, 0.05) is 9.92 Å². The van der Waals surface area contributed by atoms with Crippen LogP contribution in [-0.2, 0) is 9.53 Å². The van der Waals surface area contributed by atoms with Crippen LogP contribution in [0.15, 0.2) is 29.4 Å². The normalized spacial score (nSPS) is 10.3. The van der Waals surface area contributed by atoms with Crippen molar-refractivity contribution in [1.29, 1.82) is 0 Å². The minimum Gasteiger partial charge on any atom is -0.468 e. The molecule has 0 atom stereocenters. The Morgan fingerprint density at radius 1 is 1.56 bits per heavy atom. The molecule has 2 rings (SSSR count). The number of carbonyl (C=O) groups is 1. The van der Waals surface area contributed by atoms with Gasteiger partial charge < -0.3 is 4.74 Å². The Morgan fingerprint density at radius 2 is 2.39 bits per heavy atom. The molecule has 0 bridgehead atoms. The van der Waals surface area contributed by atoms with Crippen LogP contribution in [-0.4, -0.2) is 39.0 Å². The van der Waals surface area contributed by atoms with Crippen molar-refractivity contribution >= 4 is 29.3 Å². The molecule has 1 aromatic heterocycles. The van der Waals surface area contributed by atoms with Crippen LogP contribution in [0.25, 0.3) is 5.69 Å². The average Bonchev–Trinajstić information content (AvgIpc) is 2.89. The van der Waals surface area contributed by atoms with Crippen molar-refractivity contribution in [2.75, 3.05) is 12.9 Å². The molecule has 0 unspecified atom stereocenters. The van der Waals surface area contributed by atoms with Crippen molar-refractivity contribution < 1.29 is 9.53 Å². The van der Waals surface area contributed by atoms with Gasteiger partial charge in [-0.3, -0.25) is 4.79 Å². The van der Waals surface area contributed by atoms with E-state index < -0.39 is 0 Å². The number of halogens is 1.